The summed E-state index contributed by atoms with van der Waals surface area (Å²) < 4.78 is 17.2. The van der Waals surface area contributed by atoms with Crippen LogP contribution >= 0.6 is 0 Å². The molecule has 0 aliphatic heterocycles. The van der Waals surface area contributed by atoms with Crippen molar-refractivity contribution in [1.82, 2.24) is 16.0 Å². The molecule has 0 rings (SSSR count). The molecule has 2 atom stereocenters. The van der Waals surface area contributed by atoms with E-state index in [0.29, 0.717) is 26.3 Å². The van der Waals surface area contributed by atoms with Crippen LogP contribution in [0.2, 0.25) is 0 Å². The average Bonchev–Trinajstić information content (AvgIpc) is 3.23. The van der Waals surface area contributed by atoms with E-state index in [4.69, 9.17) is 14.2 Å². The molecular weight excluding hydrogens is 763 g/mol. The van der Waals surface area contributed by atoms with Gasteiger partial charge in [-0.05, 0) is 59.8 Å². The molecule has 0 aliphatic carbocycles. The topological polar surface area (TPSA) is 115 Å². The molecule has 0 saturated carbocycles. The standard InChI is InChI=1S/C52H103N3O6/c1-7-9-11-13-15-17-19-21-23-25-27-29-31-33-35-37-39-48(38-36-34-32-30-28-26-24-22-20-18-16-14-12-10-8-2)61-52(58)55-49(51(57)54-43-45-60-47(5)6)40-41-50(56)53-42-44-59-46(3)4/h46-49H,7-45H2,1-6H3,(H,53,56)(H,54,57)(H,55,58)/t48?,49-/m1/s1. The zero-order valence-corrected chi connectivity index (χ0v) is 41.3. The van der Waals surface area contributed by atoms with Crippen molar-refractivity contribution in [2.75, 3.05) is 26.3 Å². The molecule has 0 aromatic carbocycles. The van der Waals surface area contributed by atoms with E-state index in [0.717, 1.165) is 38.5 Å². The van der Waals surface area contributed by atoms with E-state index >= 15 is 0 Å². The van der Waals surface area contributed by atoms with Crippen LogP contribution in [0.4, 0.5) is 4.79 Å². The van der Waals surface area contributed by atoms with Gasteiger partial charge in [-0.15, -0.1) is 0 Å². The normalized spacial score (nSPS) is 12.5. The molecule has 0 radical (unpaired) electrons. The molecule has 9 nitrogen and oxygen atoms in total. The molecule has 9 heteroatoms. The monoisotopic (exact) mass is 866 g/mol. The van der Waals surface area contributed by atoms with Crippen molar-refractivity contribution in [3.8, 4) is 0 Å². The summed E-state index contributed by atoms with van der Waals surface area (Å²) in [5, 5.41) is 8.54. The summed E-state index contributed by atoms with van der Waals surface area (Å²) in [6, 6.07) is -0.883. The molecule has 3 N–H and O–H groups in total. The third-order valence-corrected chi connectivity index (χ3v) is 11.8. The summed E-state index contributed by atoms with van der Waals surface area (Å²) in [5.41, 5.74) is 0. The fraction of sp³-hybridized carbons (Fsp3) is 0.942. The zero-order chi connectivity index (χ0) is 44.9. The quantitative estimate of drug-likeness (QED) is 0.0525. The smallest absolute Gasteiger partial charge is 0.408 e. The number of carbonyl (C=O) groups excluding carboxylic acids is 3. The van der Waals surface area contributed by atoms with Gasteiger partial charge in [-0.2, -0.15) is 0 Å². The third-order valence-electron chi connectivity index (χ3n) is 11.8. The number of rotatable bonds is 47. The van der Waals surface area contributed by atoms with Crippen molar-refractivity contribution in [2.45, 2.75) is 291 Å². The van der Waals surface area contributed by atoms with Gasteiger partial charge in [0.25, 0.3) is 0 Å². The van der Waals surface area contributed by atoms with Gasteiger partial charge in [0, 0.05) is 19.5 Å². The van der Waals surface area contributed by atoms with Gasteiger partial charge in [0.2, 0.25) is 11.8 Å². The lowest BCUT2D eigenvalue weighted by Crippen LogP contribution is -2.48. The first kappa shape index (κ1) is 59.1. The van der Waals surface area contributed by atoms with E-state index < -0.39 is 12.1 Å². The van der Waals surface area contributed by atoms with Gasteiger partial charge >= 0.3 is 6.09 Å². The van der Waals surface area contributed by atoms with Gasteiger partial charge < -0.3 is 30.2 Å². The van der Waals surface area contributed by atoms with E-state index in [-0.39, 0.29) is 43.0 Å². The molecule has 0 fully saturated rings. The van der Waals surface area contributed by atoms with Crippen LogP contribution in [0.25, 0.3) is 0 Å². The predicted molar refractivity (Wildman–Crippen MR) is 258 cm³/mol. The van der Waals surface area contributed by atoms with E-state index in [9.17, 15) is 14.4 Å². The summed E-state index contributed by atoms with van der Waals surface area (Å²) in [5.74, 6) is -0.519. The highest BCUT2D eigenvalue weighted by Crippen LogP contribution is 2.19. The number of ether oxygens (including phenoxy) is 3. The minimum Gasteiger partial charge on any atom is -0.446 e. The largest absolute Gasteiger partial charge is 0.446 e. The fourth-order valence-electron chi connectivity index (χ4n) is 7.96. The predicted octanol–water partition coefficient (Wildman–Crippen LogP) is 14.2. The first-order chi connectivity index (χ1) is 29.7. The lowest BCUT2D eigenvalue weighted by molar-refractivity contribution is -0.124. The molecule has 1 unspecified atom stereocenters. The molecule has 0 spiro atoms. The zero-order valence-electron chi connectivity index (χ0n) is 41.3. The van der Waals surface area contributed by atoms with Crippen LogP contribution in [0.3, 0.4) is 0 Å². The summed E-state index contributed by atoms with van der Waals surface area (Å²) >= 11 is 0. The van der Waals surface area contributed by atoms with Crippen LogP contribution in [0.5, 0.6) is 0 Å². The number of unbranched alkanes of at least 4 members (excludes halogenated alkanes) is 29. The maximum absolute atomic E-state index is 13.4. The highest BCUT2D eigenvalue weighted by molar-refractivity contribution is 5.86. The minimum absolute atomic E-state index is 0.0556. The van der Waals surface area contributed by atoms with E-state index in [1.807, 2.05) is 27.7 Å². The van der Waals surface area contributed by atoms with Crippen molar-refractivity contribution >= 4 is 17.9 Å². The van der Waals surface area contributed by atoms with Crippen LogP contribution < -0.4 is 16.0 Å². The molecular formula is C52H103N3O6. The second-order valence-corrected chi connectivity index (χ2v) is 18.6. The van der Waals surface area contributed by atoms with Crippen LogP contribution in [-0.2, 0) is 23.8 Å². The van der Waals surface area contributed by atoms with Crippen LogP contribution in [-0.4, -0.2) is 68.6 Å². The van der Waals surface area contributed by atoms with Gasteiger partial charge in [-0.25, -0.2) is 4.79 Å². The molecule has 362 valence electrons. The molecule has 0 aromatic heterocycles. The minimum atomic E-state index is -0.883. The first-order valence-corrected chi connectivity index (χ1v) is 26.4. The lowest BCUT2D eigenvalue weighted by atomic mass is 10.0. The van der Waals surface area contributed by atoms with Gasteiger partial charge in [0.1, 0.15) is 12.1 Å². The Kier molecular flexibility index (Phi) is 44.7. The molecule has 61 heavy (non-hydrogen) atoms. The second-order valence-electron chi connectivity index (χ2n) is 18.6. The van der Waals surface area contributed by atoms with Crippen LogP contribution in [0, 0.1) is 0 Å². The Morgan fingerprint density at radius 3 is 1.10 bits per heavy atom. The highest BCUT2D eigenvalue weighted by atomic mass is 16.6. The molecule has 0 heterocycles. The molecule has 0 saturated heterocycles. The Bertz CT molecular complexity index is 963. The Morgan fingerprint density at radius 1 is 0.426 bits per heavy atom. The van der Waals surface area contributed by atoms with E-state index in [2.05, 4.69) is 29.8 Å². The van der Waals surface area contributed by atoms with Crippen LogP contribution in [0.15, 0.2) is 0 Å². The van der Waals surface area contributed by atoms with Gasteiger partial charge in [-0.3, -0.25) is 9.59 Å². The molecule has 0 aliphatic rings. The number of hydrogen-bond acceptors (Lipinski definition) is 6. The van der Waals surface area contributed by atoms with Crippen molar-refractivity contribution in [3.63, 3.8) is 0 Å². The van der Waals surface area contributed by atoms with Gasteiger partial charge in [0.15, 0.2) is 0 Å². The van der Waals surface area contributed by atoms with Crippen LogP contribution in [0.1, 0.15) is 266 Å². The second kappa shape index (κ2) is 46.1. The Morgan fingerprint density at radius 2 is 0.754 bits per heavy atom. The maximum atomic E-state index is 13.4. The number of amides is 3. The summed E-state index contributed by atoms with van der Waals surface area (Å²) in [6.45, 7) is 13.9. The molecule has 0 aromatic rings. The SMILES string of the molecule is CCCCCCCCCCCCCCCCCCC(CCCCCCCCCCCCCCCCC)OC(=O)N[C@H](CCC(=O)NCCOC(C)C)C(=O)NCCOC(C)C. The highest BCUT2D eigenvalue weighted by Gasteiger charge is 2.24. The molecule has 3 amide bonds. The van der Waals surface area contributed by atoms with Gasteiger partial charge in [0.05, 0.1) is 25.4 Å². The summed E-state index contributed by atoms with van der Waals surface area (Å²) in [4.78, 5) is 39.2. The first-order valence-electron chi connectivity index (χ1n) is 26.4. The summed E-state index contributed by atoms with van der Waals surface area (Å²) in [6.07, 6.45) is 42.4. The number of nitrogens with one attached hydrogen (secondary N) is 3. The van der Waals surface area contributed by atoms with E-state index in [1.165, 1.54) is 173 Å². The Labute approximate surface area is 378 Å². The van der Waals surface area contributed by atoms with E-state index in [1.54, 1.807) is 0 Å². The Hall–Kier alpha value is -1.87. The lowest BCUT2D eigenvalue weighted by Gasteiger charge is -2.22. The van der Waals surface area contributed by atoms with Crippen molar-refractivity contribution in [1.29, 1.82) is 0 Å². The number of hydrogen-bond donors (Lipinski definition) is 3. The van der Waals surface area contributed by atoms with Crippen molar-refractivity contribution in [3.05, 3.63) is 0 Å². The van der Waals surface area contributed by atoms with Gasteiger partial charge in [-0.1, -0.05) is 200 Å². The fourth-order valence-corrected chi connectivity index (χ4v) is 7.96. The van der Waals surface area contributed by atoms with Crippen molar-refractivity contribution in [2.24, 2.45) is 0 Å². The third kappa shape index (κ3) is 44.5. The number of carbonyl (C=O) groups is 3. The average molecular weight is 866 g/mol. The molecule has 0 bridgehead atoms. The van der Waals surface area contributed by atoms with Crippen molar-refractivity contribution < 1.29 is 28.6 Å². The number of alkyl carbamates (subject to hydrolysis) is 1. The Balaban J connectivity index is 4.87. The summed E-state index contributed by atoms with van der Waals surface area (Å²) in [7, 11) is 0. The maximum Gasteiger partial charge on any atom is 0.408 e.